The minimum Gasteiger partial charge on any atom is -0.273 e. The molecule has 4 aromatic rings. The van der Waals surface area contributed by atoms with Gasteiger partial charge in [0.05, 0.1) is 21.4 Å². The van der Waals surface area contributed by atoms with E-state index >= 15 is 0 Å². The standard InChI is InChI=1S/C9H5IN8/c10-5-2-13-15-6(5)8-14-9-4-1-12-16-7(4)11-3-18(9)17-8/h1-3H,(H,12,16)(H,13,15). The van der Waals surface area contributed by atoms with E-state index in [1.165, 1.54) is 0 Å². The lowest BCUT2D eigenvalue weighted by atomic mass is 10.4. The first kappa shape index (κ1) is 9.94. The third-order valence-electron chi connectivity index (χ3n) is 2.60. The molecule has 0 fully saturated rings. The number of aromatic nitrogens is 8. The summed E-state index contributed by atoms with van der Waals surface area (Å²) >= 11 is 2.18. The Morgan fingerprint density at radius 2 is 2.06 bits per heavy atom. The van der Waals surface area contributed by atoms with Crippen LogP contribution in [0.15, 0.2) is 18.7 Å². The summed E-state index contributed by atoms with van der Waals surface area (Å²) in [5.74, 6) is 0.590. The summed E-state index contributed by atoms with van der Waals surface area (Å²) in [5, 5.41) is 18.8. The molecule has 0 aliphatic rings. The SMILES string of the molecule is Ic1cn[nH]c1-c1nc2c3cn[nH]c3ncn2n1. The Bertz CT molecular complexity index is 856. The smallest absolute Gasteiger partial charge is 0.201 e. The predicted molar refractivity (Wildman–Crippen MR) is 70.7 cm³/mol. The van der Waals surface area contributed by atoms with Gasteiger partial charge >= 0.3 is 0 Å². The summed E-state index contributed by atoms with van der Waals surface area (Å²) in [6.07, 6.45) is 5.02. The third kappa shape index (κ3) is 1.27. The van der Waals surface area contributed by atoms with Crippen LogP contribution in [0.2, 0.25) is 0 Å². The molecule has 18 heavy (non-hydrogen) atoms. The van der Waals surface area contributed by atoms with Crippen LogP contribution in [0.25, 0.3) is 28.2 Å². The summed E-state index contributed by atoms with van der Waals surface area (Å²) in [5.41, 5.74) is 2.21. The number of hydrogen-bond donors (Lipinski definition) is 2. The molecule has 9 heteroatoms. The molecule has 4 heterocycles. The molecular formula is C9H5IN8. The van der Waals surface area contributed by atoms with Crippen LogP contribution in [0, 0.1) is 3.57 Å². The number of rotatable bonds is 1. The summed E-state index contributed by atoms with van der Waals surface area (Å²) in [7, 11) is 0. The molecule has 88 valence electrons. The average Bonchev–Trinajstić information content (AvgIpc) is 3.04. The highest BCUT2D eigenvalue weighted by Crippen LogP contribution is 2.21. The second kappa shape index (κ2) is 3.48. The van der Waals surface area contributed by atoms with Gasteiger partial charge in [0.1, 0.15) is 12.0 Å². The zero-order valence-corrected chi connectivity index (χ0v) is 11.0. The monoisotopic (exact) mass is 352 g/mol. The van der Waals surface area contributed by atoms with Crippen LogP contribution >= 0.6 is 22.6 Å². The quantitative estimate of drug-likeness (QED) is 0.498. The van der Waals surface area contributed by atoms with Gasteiger partial charge in [0.2, 0.25) is 5.82 Å². The van der Waals surface area contributed by atoms with Crippen LogP contribution < -0.4 is 0 Å². The maximum Gasteiger partial charge on any atom is 0.201 e. The fraction of sp³-hybridized carbons (Fsp3) is 0. The van der Waals surface area contributed by atoms with Crippen molar-refractivity contribution in [2.24, 2.45) is 0 Å². The molecular weight excluding hydrogens is 347 g/mol. The van der Waals surface area contributed by atoms with E-state index in [9.17, 15) is 0 Å². The summed E-state index contributed by atoms with van der Waals surface area (Å²) in [4.78, 5) is 8.69. The predicted octanol–water partition coefficient (Wildman–Crippen LogP) is 0.995. The number of H-pyrrole nitrogens is 2. The number of halogens is 1. The fourth-order valence-corrected chi connectivity index (χ4v) is 2.28. The molecule has 0 aliphatic heterocycles. The summed E-state index contributed by atoms with van der Waals surface area (Å²) in [6.45, 7) is 0. The zero-order valence-electron chi connectivity index (χ0n) is 8.79. The first-order chi connectivity index (χ1) is 8.83. The third-order valence-corrected chi connectivity index (χ3v) is 3.42. The molecule has 0 saturated heterocycles. The molecule has 8 nitrogen and oxygen atoms in total. The average molecular weight is 352 g/mol. The molecule has 4 aromatic heterocycles. The number of fused-ring (bicyclic) bond motifs is 3. The van der Waals surface area contributed by atoms with Gasteiger partial charge in [0.15, 0.2) is 11.3 Å². The number of hydrogen-bond acceptors (Lipinski definition) is 5. The highest BCUT2D eigenvalue weighted by atomic mass is 127. The Labute approximate surface area is 113 Å². The van der Waals surface area contributed by atoms with Crippen LogP contribution in [-0.2, 0) is 0 Å². The minimum absolute atomic E-state index is 0.590. The van der Waals surface area contributed by atoms with Gasteiger partial charge in [-0.15, -0.1) is 5.10 Å². The second-order valence-electron chi connectivity index (χ2n) is 3.67. The van der Waals surface area contributed by atoms with E-state index in [1.54, 1.807) is 23.2 Å². The van der Waals surface area contributed by atoms with Gasteiger partial charge in [-0.2, -0.15) is 10.2 Å². The summed E-state index contributed by atoms with van der Waals surface area (Å²) < 4.78 is 2.60. The highest BCUT2D eigenvalue weighted by molar-refractivity contribution is 14.1. The molecule has 0 amide bonds. The van der Waals surface area contributed by atoms with E-state index in [0.717, 1.165) is 14.7 Å². The Hall–Kier alpha value is -2.04. The van der Waals surface area contributed by atoms with Crippen LogP contribution in [0.1, 0.15) is 0 Å². The number of nitrogens with one attached hydrogen (secondary N) is 2. The lowest BCUT2D eigenvalue weighted by Gasteiger charge is -1.89. The number of aromatic amines is 2. The number of nitrogens with zero attached hydrogens (tertiary/aromatic N) is 6. The molecule has 0 atom stereocenters. The zero-order chi connectivity index (χ0) is 12.1. The van der Waals surface area contributed by atoms with Crippen LogP contribution in [0.4, 0.5) is 0 Å². The van der Waals surface area contributed by atoms with E-state index in [-0.39, 0.29) is 0 Å². The van der Waals surface area contributed by atoms with Gasteiger partial charge in [-0.3, -0.25) is 10.2 Å². The van der Waals surface area contributed by atoms with Crippen molar-refractivity contribution in [1.29, 1.82) is 0 Å². The fourth-order valence-electron chi connectivity index (χ4n) is 1.78. The lowest BCUT2D eigenvalue weighted by Crippen LogP contribution is -1.90. The van der Waals surface area contributed by atoms with E-state index < -0.39 is 0 Å². The molecule has 0 aliphatic carbocycles. The van der Waals surface area contributed by atoms with Gasteiger partial charge in [-0.05, 0) is 22.6 Å². The van der Waals surface area contributed by atoms with Crippen molar-refractivity contribution < 1.29 is 0 Å². The van der Waals surface area contributed by atoms with E-state index in [1.807, 2.05) is 0 Å². The van der Waals surface area contributed by atoms with Gasteiger partial charge in [0, 0.05) is 0 Å². The largest absolute Gasteiger partial charge is 0.273 e. The topological polar surface area (TPSA) is 100 Å². The van der Waals surface area contributed by atoms with Gasteiger partial charge in [-0.25, -0.2) is 14.5 Å². The van der Waals surface area contributed by atoms with Crippen molar-refractivity contribution in [1.82, 2.24) is 40.0 Å². The Morgan fingerprint density at radius 3 is 2.89 bits per heavy atom. The molecule has 0 saturated carbocycles. The second-order valence-corrected chi connectivity index (χ2v) is 4.84. The molecule has 0 radical (unpaired) electrons. The van der Waals surface area contributed by atoms with Crippen molar-refractivity contribution in [3.63, 3.8) is 0 Å². The molecule has 0 aromatic carbocycles. The first-order valence-electron chi connectivity index (χ1n) is 5.06. The normalized spacial score (nSPS) is 11.6. The van der Waals surface area contributed by atoms with E-state index in [2.05, 4.69) is 58.1 Å². The van der Waals surface area contributed by atoms with Crippen molar-refractivity contribution in [2.45, 2.75) is 0 Å². The lowest BCUT2D eigenvalue weighted by molar-refractivity contribution is 0.929. The van der Waals surface area contributed by atoms with Crippen molar-refractivity contribution >= 4 is 39.3 Å². The van der Waals surface area contributed by atoms with Crippen LogP contribution in [-0.4, -0.2) is 40.0 Å². The maximum absolute atomic E-state index is 4.49. The van der Waals surface area contributed by atoms with Gasteiger partial charge in [-0.1, -0.05) is 0 Å². The molecule has 0 bridgehead atoms. The van der Waals surface area contributed by atoms with Crippen molar-refractivity contribution in [3.8, 4) is 11.5 Å². The Balaban J connectivity index is 2.07. The van der Waals surface area contributed by atoms with Gasteiger partial charge < -0.3 is 0 Å². The molecule has 0 unspecified atom stereocenters. The van der Waals surface area contributed by atoms with Crippen molar-refractivity contribution in [3.05, 3.63) is 22.3 Å². The van der Waals surface area contributed by atoms with Crippen LogP contribution in [0.3, 0.4) is 0 Å². The first-order valence-corrected chi connectivity index (χ1v) is 6.14. The molecule has 4 rings (SSSR count). The Kier molecular flexibility index (Phi) is 1.92. The van der Waals surface area contributed by atoms with E-state index in [0.29, 0.717) is 17.1 Å². The minimum atomic E-state index is 0.590. The van der Waals surface area contributed by atoms with Crippen molar-refractivity contribution in [2.75, 3.05) is 0 Å². The molecule has 0 spiro atoms. The molecule has 2 N–H and O–H groups in total. The van der Waals surface area contributed by atoms with Crippen LogP contribution in [0.5, 0.6) is 0 Å². The Morgan fingerprint density at radius 1 is 1.17 bits per heavy atom. The maximum atomic E-state index is 4.49. The highest BCUT2D eigenvalue weighted by Gasteiger charge is 2.14. The van der Waals surface area contributed by atoms with Gasteiger partial charge in [0.25, 0.3) is 0 Å². The van der Waals surface area contributed by atoms with E-state index in [4.69, 9.17) is 0 Å². The summed E-state index contributed by atoms with van der Waals surface area (Å²) in [6, 6.07) is 0.